The van der Waals surface area contributed by atoms with Gasteiger partial charge in [0.1, 0.15) is 6.61 Å². The zero-order chi connectivity index (χ0) is 12.6. The van der Waals surface area contributed by atoms with Crippen LogP contribution >= 0.6 is 0 Å². The number of rotatable bonds is 6. The van der Waals surface area contributed by atoms with E-state index in [-0.39, 0.29) is 25.0 Å². The maximum atomic E-state index is 11.0. The topological polar surface area (TPSA) is 86.7 Å². The first-order valence-corrected chi connectivity index (χ1v) is 4.47. The number of aldehydes is 1. The van der Waals surface area contributed by atoms with Crippen molar-refractivity contribution in [3.8, 4) is 0 Å². The van der Waals surface area contributed by atoms with Crippen LogP contribution in [0.4, 0.5) is 0 Å². The molecule has 0 N–H and O–H groups in total. The van der Waals surface area contributed by atoms with E-state index in [0.717, 1.165) is 0 Å². The highest BCUT2D eigenvalue weighted by Crippen LogP contribution is 1.99. The van der Waals surface area contributed by atoms with Crippen molar-refractivity contribution in [1.29, 1.82) is 0 Å². The molecule has 0 aliphatic heterocycles. The number of carbonyl (C=O) groups excluding carboxylic acids is 4. The first-order chi connectivity index (χ1) is 7.47. The Kier molecular flexibility index (Phi) is 6.42. The molecular weight excluding hydrogens is 216 g/mol. The summed E-state index contributed by atoms with van der Waals surface area (Å²) in [6.45, 7) is 4.33. The predicted molar refractivity (Wildman–Crippen MR) is 52.2 cm³/mol. The average Bonchev–Trinajstić information content (AvgIpc) is 2.23. The van der Waals surface area contributed by atoms with E-state index in [4.69, 9.17) is 0 Å². The molecule has 6 nitrogen and oxygen atoms in total. The van der Waals surface area contributed by atoms with Crippen molar-refractivity contribution in [3.05, 3.63) is 12.2 Å². The summed E-state index contributed by atoms with van der Waals surface area (Å²) in [5, 5.41) is 0. The molecule has 0 radical (unpaired) electrons. The first kappa shape index (κ1) is 14.0. The van der Waals surface area contributed by atoms with Crippen LogP contribution in [-0.2, 0) is 28.7 Å². The van der Waals surface area contributed by atoms with E-state index in [1.54, 1.807) is 0 Å². The van der Waals surface area contributed by atoms with Gasteiger partial charge in [0, 0.05) is 5.57 Å². The minimum atomic E-state index is -0.837. The molecule has 0 saturated carbocycles. The van der Waals surface area contributed by atoms with Gasteiger partial charge in [0.25, 0.3) is 0 Å². The lowest BCUT2D eigenvalue weighted by Gasteiger charge is -2.02. The van der Waals surface area contributed by atoms with Crippen LogP contribution in [0.15, 0.2) is 12.2 Å². The SMILES string of the molecule is C=C(C)C(=O)OC(=O)CCC(=O)OCC=O. The summed E-state index contributed by atoms with van der Waals surface area (Å²) >= 11 is 0. The minimum absolute atomic E-state index is 0.0943. The van der Waals surface area contributed by atoms with E-state index < -0.39 is 17.9 Å². The molecule has 16 heavy (non-hydrogen) atoms. The summed E-state index contributed by atoms with van der Waals surface area (Å²) < 4.78 is 8.69. The maximum Gasteiger partial charge on any atom is 0.340 e. The second-order valence-electron chi connectivity index (χ2n) is 2.89. The Morgan fingerprint density at radius 3 is 2.25 bits per heavy atom. The number of ether oxygens (including phenoxy) is 2. The Balaban J connectivity index is 3.81. The molecule has 0 aliphatic carbocycles. The van der Waals surface area contributed by atoms with E-state index in [9.17, 15) is 19.2 Å². The predicted octanol–water partition coefficient (Wildman–Crippen LogP) is 0.155. The summed E-state index contributed by atoms with van der Waals surface area (Å²) in [5.74, 6) is -2.37. The Labute approximate surface area is 92.2 Å². The van der Waals surface area contributed by atoms with Gasteiger partial charge in [0.15, 0.2) is 6.29 Å². The second kappa shape index (κ2) is 7.33. The van der Waals surface area contributed by atoms with E-state index in [0.29, 0.717) is 6.29 Å². The molecule has 0 aromatic rings. The van der Waals surface area contributed by atoms with Gasteiger partial charge in [-0.1, -0.05) is 6.58 Å². The van der Waals surface area contributed by atoms with Gasteiger partial charge in [-0.15, -0.1) is 0 Å². The third-order valence-corrected chi connectivity index (χ3v) is 1.40. The van der Waals surface area contributed by atoms with E-state index >= 15 is 0 Å². The second-order valence-corrected chi connectivity index (χ2v) is 2.89. The van der Waals surface area contributed by atoms with Crippen LogP contribution < -0.4 is 0 Å². The van der Waals surface area contributed by atoms with Gasteiger partial charge in [-0.25, -0.2) is 4.79 Å². The molecule has 0 amide bonds. The standard InChI is InChI=1S/C10H12O6/c1-7(2)10(14)16-9(13)4-3-8(12)15-6-5-11/h5H,1,3-4,6H2,2H3. The number of hydrogen-bond donors (Lipinski definition) is 0. The summed E-state index contributed by atoms with van der Waals surface area (Å²) in [6, 6.07) is 0. The highest BCUT2D eigenvalue weighted by Gasteiger charge is 2.13. The summed E-state index contributed by atoms with van der Waals surface area (Å²) in [6.07, 6.45) is -0.103. The van der Waals surface area contributed by atoms with Crippen LogP contribution in [0.25, 0.3) is 0 Å². The van der Waals surface area contributed by atoms with E-state index in [2.05, 4.69) is 16.1 Å². The zero-order valence-corrected chi connectivity index (χ0v) is 8.86. The van der Waals surface area contributed by atoms with Crippen LogP contribution in [-0.4, -0.2) is 30.8 Å². The van der Waals surface area contributed by atoms with Gasteiger partial charge < -0.3 is 9.47 Å². The van der Waals surface area contributed by atoms with Crippen molar-refractivity contribution >= 4 is 24.2 Å². The number of carbonyl (C=O) groups is 4. The lowest BCUT2D eigenvalue weighted by Crippen LogP contribution is -2.15. The van der Waals surface area contributed by atoms with Crippen LogP contribution in [0.3, 0.4) is 0 Å². The Morgan fingerprint density at radius 1 is 1.19 bits per heavy atom. The fourth-order valence-electron chi connectivity index (χ4n) is 0.645. The smallest absolute Gasteiger partial charge is 0.340 e. The first-order valence-electron chi connectivity index (χ1n) is 4.47. The Morgan fingerprint density at radius 2 is 1.75 bits per heavy atom. The minimum Gasteiger partial charge on any atom is -0.458 e. The molecule has 0 unspecified atom stereocenters. The largest absolute Gasteiger partial charge is 0.458 e. The van der Waals surface area contributed by atoms with Crippen molar-refractivity contribution in [1.82, 2.24) is 0 Å². The molecule has 0 rings (SSSR count). The molecule has 0 aliphatic rings. The Hall–Kier alpha value is -1.98. The van der Waals surface area contributed by atoms with Crippen LogP contribution in [0, 0.1) is 0 Å². The van der Waals surface area contributed by atoms with Crippen molar-refractivity contribution in [2.24, 2.45) is 0 Å². The Bertz CT molecular complexity index is 317. The summed E-state index contributed by atoms with van der Waals surface area (Å²) in [7, 11) is 0. The maximum absolute atomic E-state index is 11.0. The average molecular weight is 228 g/mol. The summed E-state index contributed by atoms with van der Waals surface area (Å²) in [5.41, 5.74) is 0.0943. The quantitative estimate of drug-likeness (QED) is 0.278. The molecule has 88 valence electrons. The van der Waals surface area contributed by atoms with Crippen LogP contribution in [0.2, 0.25) is 0 Å². The lowest BCUT2D eigenvalue weighted by molar-refractivity contribution is -0.159. The fraction of sp³-hybridized carbons (Fsp3) is 0.400. The summed E-state index contributed by atoms with van der Waals surface area (Å²) in [4.78, 5) is 42.5. The molecule has 0 spiro atoms. The van der Waals surface area contributed by atoms with E-state index in [1.165, 1.54) is 6.92 Å². The van der Waals surface area contributed by atoms with Gasteiger partial charge in [-0.05, 0) is 6.92 Å². The van der Waals surface area contributed by atoms with Crippen LogP contribution in [0.1, 0.15) is 19.8 Å². The molecular formula is C10H12O6. The molecule has 0 aromatic heterocycles. The number of esters is 3. The molecule has 0 aromatic carbocycles. The highest BCUT2D eigenvalue weighted by molar-refractivity contribution is 5.95. The van der Waals surface area contributed by atoms with Gasteiger partial charge >= 0.3 is 17.9 Å². The fourth-order valence-corrected chi connectivity index (χ4v) is 0.645. The molecule has 0 saturated heterocycles. The van der Waals surface area contributed by atoms with Crippen molar-refractivity contribution in [2.75, 3.05) is 6.61 Å². The molecule has 0 bridgehead atoms. The normalized spacial score (nSPS) is 9.06. The molecule has 0 atom stereocenters. The molecule has 0 fully saturated rings. The van der Waals surface area contributed by atoms with Crippen molar-refractivity contribution < 1.29 is 28.7 Å². The van der Waals surface area contributed by atoms with Gasteiger partial charge in [0.2, 0.25) is 0 Å². The third kappa shape index (κ3) is 6.47. The third-order valence-electron chi connectivity index (χ3n) is 1.40. The lowest BCUT2D eigenvalue weighted by atomic mass is 10.3. The molecule has 0 heterocycles. The monoisotopic (exact) mass is 228 g/mol. The van der Waals surface area contributed by atoms with Crippen molar-refractivity contribution in [2.45, 2.75) is 19.8 Å². The van der Waals surface area contributed by atoms with Gasteiger partial charge in [0.05, 0.1) is 12.8 Å². The zero-order valence-electron chi connectivity index (χ0n) is 8.86. The highest BCUT2D eigenvalue weighted by atomic mass is 16.6. The van der Waals surface area contributed by atoms with Gasteiger partial charge in [-0.3, -0.25) is 14.4 Å². The van der Waals surface area contributed by atoms with E-state index in [1.807, 2.05) is 0 Å². The van der Waals surface area contributed by atoms with Crippen molar-refractivity contribution in [3.63, 3.8) is 0 Å². The number of hydrogen-bond acceptors (Lipinski definition) is 6. The van der Waals surface area contributed by atoms with Gasteiger partial charge in [-0.2, -0.15) is 0 Å². The molecule has 6 heteroatoms. The van der Waals surface area contributed by atoms with Crippen LogP contribution in [0.5, 0.6) is 0 Å².